The third-order valence-electron chi connectivity index (χ3n) is 4.01. The van der Waals surface area contributed by atoms with E-state index in [1.807, 2.05) is 22.8 Å². The van der Waals surface area contributed by atoms with E-state index in [-0.39, 0.29) is 25.6 Å². The third-order valence-corrected chi connectivity index (χ3v) is 9.32. The Morgan fingerprint density at radius 2 is 1.59 bits per heavy atom. The van der Waals surface area contributed by atoms with Crippen LogP contribution in [0.15, 0.2) is 0 Å². The van der Waals surface area contributed by atoms with Crippen LogP contribution in [0.25, 0.3) is 4.13 Å². The molecule has 0 aliphatic heterocycles. The van der Waals surface area contributed by atoms with E-state index in [1.165, 1.54) is 0 Å². The van der Waals surface area contributed by atoms with Crippen LogP contribution in [0.2, 0.25) is 0 Å². The van der Waals surface area contributed by atoms with Gasteiger partial charge in [0.15, 0.2) is 10.0 Å². The van der Waals surface area contributed by atoms with Crippen LogP contribution in [0.4, 0.5) is 13.2 Å². The number of hydrogen-bond acceptors (Lipinski definition) is 10. The molecular formula is C18H33F3NO8S4-. The number of nitrogens with zero attached hydrogens (tertiary/aromatic N) is 1. The maximum atomic E-state index is 12.2. The van der Waals surface area contributed by atoms with Crippen molar-refractivity contribution >= 4 is 49.5 Å². The van der Waals surface area contributed by atoms with E-state index in [9.17, 15) is 34.8 Å². The van der Waals surface area contributed by atoms with Crippen molar-refractivity contribution in [1.29, 1.82) is 0 Å². The molecule has 34 heavy (non-hydrogen) atoms. The Morgan fingerprint density at radius 1 is 0.971 bits per heavy atom. The fourth-order valence-electron chi connectivity index (χ4n) is 2.18. The summed E-state index contributed by atoms with van der Waals surface area (Å²) in [6.45, 7) is 3.00. The van der Waals surface area contributed by atoms with Crippen LogP contribution in [0.3, 0.4) is 0 Å². The molecule has 16 heteroatoms. The second-order valence-corrected chi connectivity index (χ2v) is 12.9. The number of hydrogen-bond donors (Lipinski definition) is 0. The zero-order chi connectivity index (χ0) is 26.1. The highest BCUT2D eigenvalue weighted by atomic mass is 32.3. The van der Waals surface area contributed by atoms with Gasteiger partial charge in [-0.25, -0.2) is 16.8 Å². The number of carbonyl (C=O) groups excluding carboxylic acids is 1. The van der Waals surface area contributed by atoms with Crippen LogP contribution in [-0.2, 0) is 39.1 Å². The maximum Gasteiger partial charge on any atom is 0.480 e. The monoisotopic (exact) mass is 576 g/mol. The summed E-state index contributed by atoms with van der Waals surface area (Å²) >= 11 is 3.41. The molecule has 0 aliphatic carbocycles. The van der Waals surface area contributed by atoms with Crippen molar-refractivity contribution in [3.8, 4) is 0 Å². The predicted molar refractivity (Wildman–Crippen MR) is 128 cm³/mol. The van der Waals surface area contributed by atoms with Crippen LogP contribution in [0, 0.1) is 0 Å². The Hall–Kier alpha value is -0.260. The number of rotatable bonds is 21. The first-order chi connectivity index (χ1) is 15.8. The van der Waals surface area contributed by atoms with Gasteiger partial charge in [0.05, 0.1) is 35.8 Å². The van der Waals surface area contributed by atoms with Crippen molar-refractivity contribution in [3.05, 3.63) is 4.13 Å². The molecule has 0 saturated heterocycles. The first-order valence-electron chi connectivity index (χ1n) is 10.5. The summed E-state index contributed by atoms with van der Waals surface area (Å²) in [6, 6.07) is 0. The van der Waals surface area contributed by atoms with E-state index in [0.29, 0.717) is 19.0 Å². The zero-order valence-electron chi connectivity index (χ0n) is 19.2. The topological polar surface area (TPSA) is 127 Å². The standard InChI is InChI=1S/C18H33F3NO8S4/c1-3-16(28-2)15-29-8-4-10-31-11-6-12-32-13-7-17(23)30-9-5-14-33(24,25)22-34(26,27)18(19,20)21/h16H,3-15H2,1-2H3/q-1. The summed E-state index contributed by atoms with van der Waals surface area (Å²) in [5.74, 6) is 1.84. The molecule has 1 unspecified atom stereocenters. The highest BCUT2D eigenvalue weighted by Gasteiger charge is 2.40. The van der Waals surface area contributed by atoms with Crippen LogP contribution in [0.1, 0.15) is 39.0 Å². The molecule has 0 rings (SSSR count). The molecule has 0 bridgehead atoms. The maximum absolute atomic E-state index is 12.2. The molecule has 9 nitrogen and oxygen atoms in total. The summed E-state index contributed by atoms with van der Waals surface area (Å²) in [7, 11) is -9.31. The average molecular weight is 577 g/mol. The van der Waals surface area contributed by atoms with Crippen molar-refractivity contribution in [1.82, 2.24) is 0 Å². The van der Waals surface area contributed by atoms with Gasteiger partial charge in [-0.05, 0) is 42.9 Å². The summed E-state index contributed by atoms with van der Waals surface area (Å²) < 4.78 is 98.3. The van der Waals surface area contributed by atoms with Gasteiger partial charge in [0.1, 0.15) is 0 Å². The molecule has 0 amide bonds. The first-order valence-corrected chi connectivity index (χ1v) is 15.9. The van der Waals surface area contributed by atoms with Gasteiger partial charge in [-0.3, -0.25) is 4.79 Å². The summed E-state index contributed by atoms with van der Waals surface area (Å²) in [6.07, 6.45) is 2.75. The van der Waals surface area contributed by atoms with E-state index >= 15 is 0 Å². The van der Waals surface area contributed by atoms with E-state index in [1.54, 1.807) is 18.9 Å². The van der Waals surface area contributed by atoms with Crippen molar-refractivity contribution in [2.45, 2.75) is 50.6 Å². The Kier molecular flexibility index (Phi) is 17.9. The fourth-order valence-corrected chi connectivity index (χ4v) is 6.42. The minimum absolute atomic E-state index is 0.106. The first kappa shape index (κ1) is 33.7. The lowest BCUT2D eigenvalue weighted by Crippen LogP contribution is -2.25. The van der Waals surface area contributed by atoms with Crippen LogP contribution < -0.4 is 0 Å². The van der Waals surface area contributed by atoms with Gasteiger partial charge in [0.2, 0.25) is 0 Å². The van der Waals surface area contributed by atoms with Gasteiger partial charge in [-0.1, -0.05) is 6.92 Å². The number of ether oxygens (including phenoxy) is 3. The number of esters is 1. The SMILES string of the molecule is CCC(COCCCSCCCSCCC(=O)OCCCS(=O)(=O)[N-]S(=O)(=O)C(F)(F)F)OC. The number of alkyl halides is 3. The van der Waals surface area contributed by atoms with E-state index in [2.05, 4.69) is 0 Å². The van der Waals surface area contributed by atoms with Crippen molar-refractivity contribution in [2.75, 3.05) is 55.7 Å². The quantitative estimate of drug-likeness (QED) is 0.148. The van der Waals surface area contributed by atoms with Gasteiger partial charge in [-0.2, -0.15) is 36.7 Å². The summed E-state index contributed by atoms with van der Waals surface area (Å²) in [4.78, 5) is 11.6. The number of sulfonamides is 2. The van der Waals surface area contributed by atoms with Crippen molar-refractivity contribution in [3.63, 3.8) is 0 Å². The largest absolute Gasteiger partial charge is 0.480 e. The Labute approximate surface area is 208 Å². The predicted octanol–water partition coefficient (Wildman–Crippen LogP) is 3.55. The lowest BCUT2D eigenvalue weighted by Gasteiger charge is -2.21. The van der Waals surface area contributed by atoms with Crippen LogP contribution in [-0.4, -0.2) is 90.1 Å². The molecule has 0 fully saturated rings. The molecule has 0 radical (unpaired) electrons. The Bertz CT molecular complexity index is 760. The number of methoxy groups -OCH3 is 1. The highest BCUT2D eigenvalue weighted by molar-refractivity contribution is 8.12. The van der Waals surface area contributed by atoms with Crippen molar-refractivity contribution < 1.29 is 49.0 Å². The normalized spacial score (nSPS) is 13.7. The molecule has 0 aromatic carbocycles. The molecule has 0 heterocycles. The molecule has 0 aliphatic rings. The lowest BCUT2D eigenvalue weighted by molar-refractivity contribution is -0.143. The van der Waals surface area contributed by atoms with Gasteiger partial charge >= 0.3 is 11.5 Å². The molecular weight excluding hydrogens is 543 g/mol. The van der Waals surface area contributed by atoms with Gasteiger partial charge < -0.3 is 18.3 Å². The second kappa shape index (κ2) is 18.1. The van der Waals surface area contributed by atoms with E-state index in [0.717, 1.165) is 36.5 Å². The molecule has 0 saturated carbocycles. The van der Waals surface area contributed by atoms with Crippen molar-refractivity contribution in [2.24, 2.45) is 0 Å². The number of halogens is 3. The second-order valence-electron chi connectivity index (χ2n) is 6.88. The summed E-state index contributed by atoms with van der Waals surface area (Å²) in [5, 5.41) is 0. The Morgan fingerprint density at radius 3 is 2.18 bits per heavy atom. The molecule has 0 aromatic rings. The van der Waals surface area contributed by atoms with Crippen LogP contribution >= 0.6 is 23.5 Å². The highest BCUT2D eigenvalue weighted by Crippen LogP contribution is 2.30. The number of thioether (sulfide) groups is 2. The van der Waals surface area contributed by atoms with Gasteiger partial charge in [0.25, 0.3) is 0 Å². The zero-order valence-corrected chi connectivity index (χ0v) is 22.5. The molecule has 0 aromatic heterocycles. The smallest absolute Gasteiger partial charge is 0.466 e. The van der Waals surface area contributed by atoms with Gasteiger partial charge in [-0.15, -0.1) is 0 Å². The Balaban J connectivity index is 3.65. The fraction of sp³-hybridized carbons (Fsp3) is 0.944. The molecule has 0 spiro atoms. The minimum atomic E-state index is -6.13. The molecule has 1 atom stereocenters. The average Bonchev–Trinajstić information content (AvgIpc) is 2.73. The molecule has 204 valence electrons. The van der Waals surface area contributed by atoms with E-state index < -0.39 is 37.3 Å². The third kappa shape index (κ3) is 17.2. The molecule has 0 N–H and O–H groups in total. The minimum Gasteiger partial charge on any atom is -0.466 e. The van der Waals surface area contributed by atoms with Crippen LogP contribution in [0.5, 0.6) is 0 Å². The number of carbonyl (C=O) groups is 1. The van der Waals surface area contributed by atoms with E-state index in [4.69, 9.17) is 14.2 Å². The lowest BCUT2D eigenvalue weighted by atomic mass is 10.3. The summed E-state index contributed by atoms with van der Waals surface area (Å²) in [5.41, 5.74) is -5.79. The van der Waals surface area contributed by atoms with Gasteiger partial charge in [0, 0.05) is 25.2 Å².